The molecule has 0 bridgehead atoms. The summed E-state index contributed by atoms with van der Waals surface area (Å²) < 4.78 is 5.36. The maximum absolute atomic E-state index is 12.0. The standard InChI is InChI=1S/C17H25N3O3/c21-15-9-16(18-11-15)17(22)19-10-13-1-3-14(4-2-13)12-20-5-7-23-8-6-20/h1-4,15-16,18,21H,5-12H2,(H,19,22). The van der Waals surface area contributed by atoms with Gasteiger partial charge < -0.3 is 20.5 Å². The lowest BCUT2D eigenvalue weighted by Crippen LogP contribution is -2.40. The number of β-amino-alcohol motifs (C(OH)–C–C–N with tert-alkyl or cyclic N) is 1. The van der Waals surface area contributed by atoms with Gasteiger partial charge in [0.2, 0.25) is 5.91 Å². The van der Waals surface area contributed by atoms with Crippen molar-refractivity contribution in [3.63, 3.8) is 0 Å². The lowest BCUT2D eigenvalue weighted by Gasteiger charge is -2.26. The zero-order valence-electron chi connectivity index (χ0n) is 13.3. The van der Waals surface area contributed by atoms with Crippen LogP contribution < -0.4 is 10.6 Å². The van der Waals surface area contributed by atoms with Crippen molar-refractivity contribution in [1.29, 1.82) is 0 Å². The summed E-state index contributed by atoms with van der Waals surface area (Å²) >= 11 is 0. The summed E-state index contributed by atoms with van der Waals surface area (Å²) in [6.45, 7) is 5.55. The van der Waals surface area contributed by atoms with Crippen molar-refractivity contribution in [1.82, 2.24) is 15.5 Å². The van der Waals surface area contributed by atoms with E-state index in [1.54, 1.807) is 0 Å². The smallest absolute Gasteiger partial charge is 0.237 e. The second kappa shape index (κ2) is 7.88. The summed E-state index contributed by atoms with van der Waals surface area (Å²) in [6, 6.07) is 8.09. The summed E-state index contributed by atoms with van der Waals surface area (Å²) in [7, 11) is 0. The summed E-state index contributed by atoms with van der Waals surface area (Å²) in [4.78, 5) is 14.4. The second-order valence-electron chi connectivity index (χ2n) is 6.27. The van der Waals surface area contributed by atoms with Crippen LogP contribution in [0.2, 0.25) is 0 Å². The molecule has 0 aliphatic carbocycles. The number of amides is 1. The van der Waals surface area contributed by atoms with Crippen molar-refractivity contribution >= 4 is 5.91 Å². The summed E-state index contributed by atoms with van der Waals surface area (Å²) in [6.07, 6.45) is 0.0786. The van der Waals surface area contributed by atoms with Gasteiger partial charge in [0.15, 0.2) is 0 Å². The molecule has 2 aliphatic heterocycles. The van der Waals surface area contributed by atoms with E-state index >= 15 is 0 Å². The number of aliphatic hydroxyl groups excluding tert-OH is 1. The minimum Gasteiger partial charge on any atom is -0.392 e. The van der Waals surface area contributed by atoms with E-state index in [0.29, 0.717) is 19.5 Å². The fraction of sp³-hybridized carbons (Fsp3) is 0.588. The van der Waals surface area contributed by atoms with E-state index in [9.17, 15) is 9.90 Å². The molecule has 2 fully saturated rings. The quantitative estimate of drug-likeness (QED) is 0.704. The highest BCUT2D eigenvalue weighted by Gasteiger charge is 2.27. The third-order valence-corrected chi connectivity index (χ3v) is 4.42. The van der Waals surface area contributed by atoms with Gasteiger partial charge in [-0.2, -0.15) is 0 Å². The van der Waals surface area contributed by atoms with E-state index in [-0.39, 0.29) is 11.9 Å². The molecule has 1 aromatic carbocycles. The highest BCUT2D eigenvalue weighted by molar-refractivity contribution is 5.82. The predicted octanol–water partition coefficient (Wildman–Crippen LogP) is -0.142. The molecule has 0 aromatic heterocycles. The SMILES string of the molecule is O=C(NCc1ccc(CN2CCOCC2)cc1)C1CC(O)CN1. The summed E-state index contributed by atoms with van der Waals surface area (Å²) in [5, 5.41) is 15.4. The molecule has 2 atom stereocenters. The number of nitrogens with one attached hydrogen (secondary N) is 2. The average molecular weight is 319 g/mol. The maximum Gasteiger partial charge on any atom is 0.237 e. The molecule has 2 unspecified atom stereocenters. The van der Waals surface area contributed by atoms with Gasteiger partial charge in [0.05, 0.1) is 25.4 Å². The minimum atomic E-state index is -0.412. The number of aliphatic hydroxyl groups is 1. The first-order chi connectivity index (χ1) is 11.2. The Morgan fingerprint density at radius 3 is 2.61 bits per heavy atom. The molecule has 1 aromatic rings. The first-order valence-electron chi connectivity index (χ1n) is 8.28. The molecule has 3 rings (SSSR count). The van der Waals surface area contributed by atoms with Gasteiger partial charge in [-0.1, -0.05) is 24.3 Å². The lowest BCUT2D eigenvalue weighted by atomic mass is 10.1. The number of carbonyl (C=O) groups is 1. The van der Waals surface area contributed by atoms with Crippen molar-refractivity contribution in [2.45, 2.75) is 31.7 Å². The van der Waals surface area contributed by atoms with Gasteiger partial charge in [0, 0.05) is 32.7 Å². The van der Waals surface area contributed by atoms with Gasteiger partial charge >= 0.3 is 0 Å². The topological polar surface area (TPSA) is 73.8 Å². The molecule has 0 radical (unpaired) electrons. The van der Waals surface area contributed by atoms with E-state index in [4.69, 9.17) is 4.74 Å². The molecular weight excluding hydrogens is 294 g/mol. The van der Waals surface area contributed by atoms with Crippen LogP contribution in [0.4, 0.5) is 0 Å². The fourth-order valence-electron chi connectivity index (χ4n) is 3.01. The highest BCUT2D eigenvalue weighted by atomic mass is 16.5. The molecule has 3 N–H and O–H groups in total. The Morgan fingerprint density at radius 2 is 1.96 bits per heavy atom. The molecule has 0 saturated carbocycles. The van der Waals surface area contributed by atoms with Crippen LogP contribution >= 0.6 is 0 Å². The number of morpholine rings is 1. The first kappa shape index (κ1) is 16.4. The average Bonchev–Trinajstić information content (AvgIpc) is 3.01. The molecular formula is C17H25N3O3. The summed E-state index contributed by atoms with van der Waals surface area (Å²) in [5.41, 5.74) is 2.37. The molecule has 1 amide bonds. The first-order valence-corrected chi connectivity index (χ1v) is 8.28. The molecule has 2 saturated heterocycles. The second-order valence-corrected chi connectivity index (χ2v) is 6.27. The molecule has 2 heterocycles. The highest BCUT2D eigenvalue weighted by Crippen LogP contribution is 2.10. The van der Waals surface area contributed by atoms with Crippen LogP contribution in [0.1, 0.15) is 17.5 Å². The zero-order chi connectivity index (χ0) is 16.1. The minimum absolute atomic E-state index is 0.0426. The lowest BCUT2D eigenvalue weighted by molar-refractivity contribution is -0.123. The van der Waals surface area contributed by atoms with Gasteiger partial charge in [0.25, 0.3) is 0 Å². The Balaban J connectivity index is 1.44. The van der Waals surface area contributed by atoms with Crippen molar-refractivity contribution in [3.05, 3.63) is 35.4 Å². The van der Waals surface area contributed by atoms with Crippen LogP contribution in [0, 0.1) is 0 Å². The van der Waals surface area contributed by atoms with Gasteiger partial charge in [-0.05, 0) is 17.5 Å². The number of nitrogens with zero attached hydrogens (tertiary/aromatic N) is 1. The normalized spacial score (nSPS) is 25.4. The fourth-order valence-corrected chi connectivity index (χ4v) is 3.01. The monoisotopic (exact) mass is 319 g/mol. The van der Waals surface area contributed by atoms with Crippen molar-refractivity contribution in [3.8, 4) is 0 Å². The number of ether oxygens (including phenoxy) is 1. The van der Waals surface area contributed by atoms with E-state index in [1.165, 1.54) is 5.56 Å². The van der Waals surface area contributed by atoms with Gasteiger partial charge in [-0.15, -0.1) is 0 Å². The molecule has 23 heavy (non-hydrogen) atoms. The molecule has 0 spiro atoms. The van der Waals surface area contributed by atoms with Crippen LogP contribution in [0.15, 0.2) is 24.3 Å². The molecule has 6 heteroatoms. The van der Waals surface area contributed by atoms with Crippen LogP contribution in [0.3, 0.4) is 0 Å². The number of hydrogen-bond donors (Lipinski definition) is 3. The largest absolute Gasteiger partial charge is 0.392 e. The zero-order valence-corrected chi connectivity index (χ0v) is 13.3. The van der Waals surface area contributed by atoms with E-state index in [2.05, 4.69) is 39.8 Å². The Bertz CT molecular complexity index is 514. The van der Waals surface area contributed by atoms with Crippen LogP contribution in [-0.4, -0.2) is 60.9 Å². The number of rotatable bonds is 5. The van der Waals surface area contributed by atoms with E-state index < -0.39 is 6.10 Å². The van der Waals surface area contributed by atoms with Gasteiger partial charge in [-0.3, -0.25) is 9.69 Å². The van der Waals surface area contributed by atoms with Gasteiger partial charge in [0.1, 0.15) is 0 Å². The van der Waals surface area contributed by atoms with Crippen molar-refractivity contribution in [2.24, 2.45) is 0 Å². The predicted molar refractivity (Wildman–Crippen MR) is 86.8 cm³/mol. The van der Waals surface area contributed by atoms with Crippen LogP contribution in [0.5, 0.6) is 0 Å². The third-order valence-electron chi connectivity index (χ3n) is 4.42. The number of benzene rings is 1. The summed E-state index contributed by atoms with van der Waals surface area (Å²) in [5.74, 6) is -0.0426. The Morgan fingerprint density at radius 1 is 1.26 bits per heavy atom. The van der Waals surface area contributed by atoms with E-state index in [0.717, 1.165) is 38.4 Å². The maximum atomic E-state index is 12.0. The van der Waals surface area contributed by atoms with Crippen LogP contribution in [-0.2, 0) is 22.6 Å². The van der Waals surface area contributed by atoms with E-state index in [1.807, 2.05) is 0 Å². The molecule has 6 nitrogen and oxygen atoms in total. The Kier molecular flexibility index (Phi) is 5.61. The molecule has 126 valence electrons. The number of hydrogen-bond acceptors (Lipinski definition) is 5. The van der Waals surface area contributed by atoms with Crippen LogP contribution in [0.25, 0.3) is 0 Å². The van der Waals surface area contributed by atoms with Crippen molar-refractivity contribution < 1.29 is 14.6 Å². The van der Waals surface area contributed by atoms with Crippen molar-refractivity contribution in [2.75, 3.05) is 32.8 Å². The third kappa shape index (κ3) is 4.75. The Hall–Kier alpha value is -1.47. The Labute approximate surface area is 136 Å². The number of carbonyl (C=O) groups excluding carboxylic acids is 1. The molecule has 2 aliphatic rings. The van der Waals surface area contributed by atoms with Gasteiger partial charge in [-0.25, -0.2) is 0 Å².